The molecule has 10 heteroatoms. The van der Waals surface area contributed by atoms with Crippen LogP contribution in [0.5, 0.6) is 0 Å². The Bertz CT molecular complexity index is 984. The van der Waals surface area contributed by atoms with E-state index >= 15 is 0 Å². The maximum Gasteiger partial charge on any atom is 0.303 e. The minimum Gasteiger partial charge on any atom is -0.481 e. The van der Waals surface area contributed by atoms with E-state index in [2.05, 4.69) is 22.0 Å². The molecule has 3 rings (SSSR count). The van der Waals surface area contributed by atoms with Gasteiger partial charge in [-0.1, -0.05) is 6.58 Å². The monoisotopic (exact) mass is 388 g/mol. The standard InChI is InChI=1S/C18H20N4O6/c1-9-15(27-11(3)24)18(5,28-12(4)25)16(26-9)13-6-7-14-17(21-10(2)23)19-8-20-22(13)14/h6-8,15-16H,1H2,2-5H3,(H,19,20,21,23)/t15-,16+,18-/m1/s1. The summed E-state index contributed by atoms with van der Waals surface area (Å²) in [6.07, 6.45) is -0.588. The van der Waals surface area contributed by atoms with Crippen molar-refractivity contribution in [2.75, 3.05) is 5.32 Å². The lowest BCUT2D eigenvalue weighted by Crippen LogP contribution is -2.46. The molecule has 28 heavy (non-hydrogen) atoms. The van der Waals surface area contributed by atoms with E-state index in [-0.39, 0.29) is 11.7 Å². The van der Waals surface area contributed by atoms with E-state index in [0.717, 1.165) is 0 Å². The van der Waals surface area contributed by atoms with E-state index < -0.39 is 29.7 Å². The lowest BCUT2D eigenvalue weighted by Gasteiger charge is -2.31. The first-order valence-corrected chi connectivity index (χ1v) is 8.46. The molecule has 0 saturated carbocycles. The van der Waals surface area contributed by atoms with Crippen molar-refractivity contribution >= 4 is 29.2 Å². The van der Waals surface area contributed by atoms with Gasteiger partial charge in [-0.3, -0.25) is 14.4 Å². The minimum absolute atomic E-state index is 0.148. The van der Waals surface area contributed by atoms with Crippen molar-refractivity contribution in [2.24, 2.45) is 0 Å². The second-order valence-electron chi connectivity index (χ2n) is 6.58. The number of ether oxygens (including phenoxy) is 3. The third-order valence-electron chi connectivity index (χ3n) is 4.29. The van der Waals surface area contributed by atoms with Crippen LogP contribution < -0.4 is 5.32 Å². The molecule has 1 fully saturated rings. The van der Waals surface area contributed by atoms with E-state index in [1.165, 1.54) is 31.6 Å². The van der Waals surface area contributed by atoms with Crippen molar-refractivity contribution in [1.29, 1.82) is 0 Å². The van der Waals surface area contributed by atoms with E-state index in [9.17, 15) is 14.4 Å². The lowest BCUT2D eigenvalue weighted by molar-refractivity contribution is -0.179. The summed E-state index contributed by atoms with van der Waals surface area (Å²) in [4.78, 5) is 38.8. The highest BCUT2D eigenvalue weighted by atomic mass is 16.6. The Balaban J connectivity index is 2.11. The Morgan fingerprint density at radius 3 is 2.57 bits per heavy atom. The van der Waals surface area contributed by atoms with Crippen LogP contribution in [0.15, 0.2) is 30.8 Å². The van der Waals surface area contributed by atoms with Crippen LogP contribution in [0, 0.1) is 0 Å². The van der Waals surface area contributed by atoms with Crippen molar-refractivity contribution in [1.82, 2.24) is 14.6 Å². The van der Waals surface area contributed by atoms with Crippen LogP contribution in [0.3, 0.4) is 0 Å². The van der Waals surface area contributed by atoms with Crippen molar-refractivity contribution in [2.45, 2.75) is 45.5 Å². The molecule has 1 N–H and O–H groups in total. The quantitative estimate of drug-likeness (QED) is 0.783. The molecule has 0 aliphatic carbocycles. The highest BCUT2D eigenvalue weighted by Gasteiger charge is 2.58. The van der Waals surface area contributed by atoms with Crippen LogP contribution in [0.4, 0.5) is 5.82 Å². The molecule has 0 spiro atoms. The van der Waals surface area contributed by atoms with Gasteiger partial charge in [0.15, 0.2) is 17.5 Å². The van der Waals surface area contributed by atoms with Crippen LogP contribution >= 0.6 is 0 Å². The topological polar surface area (TPSA) is 121 Å². The zero-order valence-corrected chi connectivity index (χ0v) is 15.9. The maximum atomic E-state index is 11.8. The van der Waals surface area contributed by atoms with Crippen molar-refractivity contribution in [3.8, 4) is 0 Å². The lowest BCUT2D eigenvalue weighted by atomic mass is 9.92. The number of fused-ring (bicyclic) bond motifs is 1. The molecule has 2 aromatic rings. The normalized spacial score (nSPS) is 23.9. The molecule has 1 aliphatic heterocycles. The average molecular weight is 388 g/mol. The number of nitrogens with one attached hydrogen (secondary N) is 1. The molecule has 3 atom stereocenters. The third-order valence-corrected chi connectivity index (χ3v) is 4.29. The Morgan fingerprint density at radius 2 is 1.96 bits per heavy atom. The number of esters is 2. The number of carbonyl (C=O) groups excluding carboxylic acids is 3. The fourth-order valence-electron chi connectivity index (χ4n) is 3.32. The van der Waals surface area contributed by atoms with Gasteiger partial charge in [0, 0.05) is 20.8 Å². The fourth-order valence-corrected chi connectivity index (χ4v) is 3.32. The van der Waals surface area contributed by atoms with Gasteiger partial charge in [-0.2, -0.15) is 5.10 Å². The van der Waals surface area contributed by atoms with Gasteiger partial charge >= 0.3 is 11.9 Å². The van der Waals surface area contributed by atoms with Crippen LogP contribution in [0.1, 0.15) is 39.5 Å². The molecule has 1 saturated heterocycles. The number of aromatic nitrogens is 3. The van der Waals surface area contributed by atoms with Gasteiger partial charge in [0.2, 0.25) is 12.0 Å². The highest BCUT2D eigenvalue weighted by molar-refractivity contribution is 5.91. The van der Waals surface area contributed by atoms with Crippen LogP contribution in [-0.4, -0.2) is 44.1 Å². The van der Waals surface area contributed by atoms with Crippen LogP contribution in [0.25, 0.3) is 5.52 Å². The van der Waals surface area contributed by atoms with Gasteiger partial charge in [-0.25, -0.2) is 9.50 Å². The Morgan fingerprint density at radius 1 is 1.25 bits per heavy atom. The highest BCUT2D eigenvalue weighted by Crippen LogP contribution is 2.47. The summed E-state index contributed by atoms with van der Waals surface area (Å²) in [5.74, 6) is -0.957. The fraction of sp³-hybridized carbons (Fsp3) is 0.389. The van der Waals surface area contributed by atoms with E-state index in [0.29, 0.717) is 17.0 Å². The largest absolute Gasteiger partial charge is 0.481 e. The summed E-state index contributed by atoms with van der Waals surface area (Å²) in [6.45, 7) is 9.26. The molecule has 1 aliphatic rings. The van der Waals surface area contributed by atoms with Gasteiger partial charge in [0.1, 0.15) is 17.6 Å². The molecular weight excluding hydrogens is 368 g/mol. The zero-order chi connectivity index (χ0) is 20.6. The Labute approximate surface area is 160 Å². The van der Waals surface area contributed by atoms with E-state index in [1.807, 2.05) is 0 Å². The summed E-state index contributed by atoms with van der Waals surface area (Å²) in [5, 5.41) is 6.83. The van der Waals surface area contributed by atoms with Crippen molar-refractivity contribution in [3.63, 3.8) is 0 Å². The molecule has 0 bridgehead atoms. The van der Waals surface area contributed by atoms with Gasteiger partial charge < -0.3 is 19.5 Å². The minimum atomic E-state index is -1.37. The first kappa shape index (κ1) is 19.3. The van der Waals surface area contributed by atoms with Crippen molar-refractivity contribution < 1.29 is 28.6 Å². The van der Waals surface area contributed by atoms with Gasteiger partial charge in [-0.15, -0.1) is 0 Å². The third kappa shape index (κ3) is 3.28. The number of carbonyl (C=O) groups is 3. The molecule has 10 nitrogen and oxygen atoms in total. The zero-order valence-electron chi connectivity index (χ0n) is 15.9. The first-order valence-electron chi connectivity index (χ1n) is 8.46. The maximum absolute atomic E-state index is 11.8. The van der Waals surface area contributed by atoms with Gasteiger partial charge in [0.05, 0.1) is 5.69 Å². The van der Waals surface area contributed by atoms with E-state index in [4.69, 9.17) is 14.2 Å². The molecule has 2 aromatic heterocycles. The number of hydrogen-bond acceptors (Lipinski definition) is 8. The van der Waals surface area contributed by atoms with E-state index in [1.54, 1.807) is 19.1 Å². The summed E-state index contributed by atoms with van der Waals surface area (Å²) >= 11 is 0. The molecule has 3 heterocycles. The molecule has 0 unspecified atom stereocenters. The van der Waals surface area contributed by atoms with Crippen molar-refractivity contribution in [3.05, 3.63) is 36.5 Å². The molecule has 1 amide bonds. The average Bonchev–Trinajstić information content (AvgIpc) is 3.09. The van der Waals surface area contributed by atoms with Gasteiger partial charge in [-0.05, 0) is 19.1 Å². The summed E-state index contributed by atoms with van der Waals surface area (Å²) in [6, 6.07) is 3.39. The van der Waals surface area contributed by atoms with Crippen LogP contribution in [0.2, 0.25) is 0 Å². The SMILES string of the molecule is C=C1O[C@@H](c2ccc3c(NC(C)=O)ncnn23)[C@](C)(OC(C)=O)[C@@H]1OC(C)=O. The first-order chi connectivity index (χ1) is 13.1. The number of rotatable bonds is 4. The number of anilines is 1. The summed E-state index contributed by atoms with van der Waals surface area (Å²) in [7, 11) is 0. The molecule has 0 aromatic carbocycles. The number of amides is 1. The number of hydrogen-bond donors (Lipinski definition) is 1. The summed E-state index contributed by atoms with van der Waals surface area (Å²) < 4.78 is 18.2. The summed E-state index contributed by atoms with van der Waals surface area (Å²) in [5.41, 5.74) is -0.353. The Kier molecular flexibility index (Phi) is 4.80. The number of nitrogens with zero attached hydrogens (tertiary/aromatic N) is 3. The predicted octanol–water partition coefficient (Wildman–Crippen LogP) is 1.53. The second-order valence-corrected chi connectivity index (χ2v) is 6.58. The smallest absolute Gasteiger partial charge is 0.303 e. The molecular formula is C18H20N4O6. The second kappa shape index (κ2) is 6.95. The predicted molar refractivity (Wildman–Crippen MR) is 96.0 cm³/mol. The van der Waals surface area contributed by atoms with Gasteiger partial charge in [0.25, 0.3) is 0 Å². The molecule has 148 valence electrons. The Hall–Kier alpha value is -3.43. The van der Waals surface area contributed by atoms with Crippen LogP contribution in [-0.2, 0) is 28.6 Å². The molecule has 0 radical (unpaired) electrons.